The van der Waals surface area contributed by atoms with Crippen molar-refractivity contribution in [1.82, 2.24) is 0 Å². The molecule has 86 valence electrons. The highest BCUT2D eigenvalue weighted by molar-refractivity contribution is 5.89. The largest absolute Gasteiger partial charge is 0.299 e. The molecule has 0 heterocycles. The molecular formula is C15H20O. The molecule has 1 nitrogen and oxygen atoms in total. The van der Waals surface area contributed by atoms with Crippen molar-refractivity contribution >= 4 is 5.78 Å². The fourth-order valence-electron chi connectivity index (χ4n) is 2.45. The number of aryl methyl sites for hydroxylation is 1. The highest BCUT2D eigenvalue weighted by Gasteiger charge is 2.49. The van der Waals surface area contributed by atoms with Crippen molar-refractivity contribution < 1.29 is 4.79 Å². The van der Waals surface area contributed by atoms with Crippen LogP contribution in [0.1, 0.15) is 37.8 Å². The van der Waals surface area contributed by atoms with E-state index in [0.717, 1.165) is 19.3 Å². The van der Waals surface area contributed by atoms with Crippen molar-refractivity contribution in [2.45, 2.75) is 40.0 Å². The summed E-state index contributed by atoms with van der Waals surface area (Å²) >= 11 is 0. The minimum atomic E-state index is -0.0136. The van der Waals surface area contributed by atoms with Crippen LogP contribution >= 0.6 is 0 Å². The van der Waals surface area contributed by atoms with E-state index in [9.17, 15) is 4.79 Å². The van der Waals surface area contributed by atoms with Crippen LogP contribution in [0.25, 0.3) is 0 Å². The fourth-order valence-corrected chi connectivity index (χ4v) is 2.45. The molecule has 0 aromatic heterocycles. The van der Waals surface area contributed by atoms with Crippen LogP contribution in [-0.2, 0) is 11.2 Å². The first-order valence-corrected chi connectivity index (χ1v) is 6.14. The van der Waals surface area contributed by atoms with Gasteiger partial charge in [-0.1, -0.05) is 38.1 Å². The van der Waals surface area contributed by atoms with Gasteiger partial charge in [-0.3, -0.25) is 4.79 Å². The quantitative estimate of drug-likeness (QED) is 0.752. The van der Waals surface area contributed by atoms with E-state index in [1.54, 1.807) is 0 Å². The van der Waals surface area contributed by atoms with Gasteiger partial charge in [-0.15, -0.1) is 0 Å². The molecule has 0 amide bonds. The highest BCUT2D eigenvalue weighted by Crippen LogP contribution is 2.50. The molecule has 1 heteroatoms. The topological polar surface area (TPSA) is 17.1 Å². The van der Waals surface area contributed by atoms with Gasteiger partial charge in [-0.2, -0.15) is 0 Å². The summed E-state index contributed by atoms with van der Waals surface area (Å²) in [6, 6.07) is 8.41. The normalized spacial score (nSPS) is 17.5. The maximum atomic E-state index is 12.1. The Morgan fingerprint density at radius 1 is 1.31 bits per heavy atom. The predicted octanol–water partition coefficient (Wildman–Crippen LogP) is 3.54. The summed E-state index contributed by atoms with van der Waals surface area (Å²) in [6.45, 7) is 6.16. The number of carbonyl (C=O) groups excluding carboxylic acids is 1. The maximum Gasteiger partial charge on any atom is 0.141 e. The second-order valence-corrected chi connectivity index (χ2v) is 5.40. The maximum absolute atomic E-state index is 12.1. The number of rotatable bonds is 4. The zero-order chi connectivity index (χ0) is 11.8. The van der Waals surface area contributed by atoms with Crippen molar-refractivity contribution in [1.29, 1.82) is 0 Å². The summed E-state index contributed by atoms with van der Waals surface area (Å²) < 4.78 is 0. The Morgan fingerprint density at radius 3 is 2.44 bits per heavy atom. The zero-order valence-corrected chi connectivity index (χ0v) is 10.4. The molecule has 16 heavy (non-hydrogen) atoms. The van der Waals surface area contributed by atoms with Crippen LogP contribution in [0.3, 0.4) is 0 Å². The van der Waals surface area contributed by atoms with E-state index in [4.69, 9.17) is 0 Å². The number of hydrogen-bond acceptors (Lipinski definition) is 1. The molecule has 0 unspecified atom stereocenters. The molecule has 1 fully saturated rings. The van der Waals surface area contributed by atoms with E-state index >= 15 is 0 Å². The first kappa shape index (κ1) is 11.4. The lowest BCUT2D eigenvalue weighted by Gasteiger charge is -2.17. The first-order chi connectivity index (χ1) is 7.55. The SMILES string of the molecule is Cc1ccccc1CC1(C(=O)C(C)C)CC1. The van der Waals surface area contributed by atoms with Crippen LogP contribution in [-0.4, -0.2) is 5.78 Å². The first-order valence-electron chi connectivity index (χ1n) is 6.14. The molecule has 1 aliphatic carbocycles. The molecule has 0 saturated heterocycles. The molecule has 0 bridgehead atoms. The molecule has 1 aliphatic rings. The Bertz CT molecular complexity index is 400. The average Bonchev–Trinajstić information content (AvgIpc) is 3.01. The summed E-state index contributed by atoms with van der Waals surface area (Å²) in [5.41, 5.74) is 2.64. The van der Waals surface area contributed by atoms with Gasteiger partial charge < -0.3 is 0 Å². The minimum absolute atomic E-state index is 0.0136. The number of Topliss-reactive ketones (excluding diaryl/α,β-unsaturated/α-hetero) is 1. The number of benzene rings is 1. The van der Waals surface area contributed by atoms with Gasteiger partial charge in [0.2, 0.25) is 0 Å². The van der Waals surface area contributed by atoms with Crippen LogP contribution in [0.4, 0.5) is 0 Å². The van der Waals surface area contributed by atoms with Crippen molar-refractivity contribution in [3.8, 4) is 0 Å². The van der Waals surface area contributed by atoms with Crippen LogP contribution in [0.15, 0.2) is 24.3 Å². The Morgan fingerprint density at radius 2 is 1.94 bits per heavy atom. The molecule has 0 aliphatic heterocycles. The molecule has 1 saturated carbocycles. The second kappa shape index (κ2) is 4.04. The third-order valence-electron chi connectivity index (χ3n) is 3.69. The van der Waals surface area contributed by atoms with Crippen LogP contribution in [0.5, 0.6) is 0 Å². The van der Waals surface area contributed by atoms with Gasteiger partial charge in [0.05, 0.1) is 0 Å². The lowest BCUT2D eigenvalue weighted by atomic mass is 9.85. The monoisotopic (exact) mass is 216 g/mol. The smallest absolute Gasteiger partial charge is 0.141 e. The van der Waals surface area contributed by atoms with Gasteiger partial charge in [0, 0.05) is 11.3 Å². The Labute approximate surface area is 97.9 Å². The summed E-state index contributed by atoms with van der Waals surface area (Å²) in [6.07, 6.45) is 3.10. The summed E-state index contributed by atoms with van der Waals surface area (Å²) in [5.74, 6) is 0.627. The molecule has 0 spiro atoms. The molecule has 0 radical (unpaired) electrons. The van der Waals surface area contributed by atoms with E-state index in [1.807, 2.05) is 13.8 Å². The van der Waals surface area contributed by atoms with Crippen molar-refractivity contribution in [2.75, 3.05) is 0 Å². The molecule has 1 aromatic rings. The lowest BCUT2D eigenvalue weighted by molar-refractivity contribution is -0.127. The van der Waals surface area contributed by atoms with Gasteiger partial charge >= 0.3 is 0 Å². The highest BCUT2D eigenvalue weighted by atomic mass is 16.1. The molecular weight excluding hydrogens is 196 g/mol. The van der Waals surface area contributed by atoms with Gasteiger partial charge in [-0.25, -0.2) is 0 Å². The van der Waals surface area contributed by atoms with E-state index in [-0.39, 0.29) is 11.3 Å². The van der Waals surface area contributed by atoms with Gasteiger partial charge in [0.25, 0.3) is 0 Å². The van der Waals surface area contributed by atoms with E-state index in [1.165, 1.54) is 11.1 Å². The lowest BCUT2D eigenvalue weighted by Crippen LogP contribution is -2.23. The molecule has 0 N–H and O–H groups in total. The third kappa shape index (κ3) is 2.04. The minimum Gasteiger partial charge on any atom is -0.299 e. The van der Waals surface area contributed by atoms with E-state index in [2.05, 4.69) is 31.2 Å². The Kier molecular flexibility index (Phi) is 2.88. The van der Waals surface area contributed by atoms with Gasteiger partial charge in [-0.05, 0) is 37.3 Å². The number of ketones is 1. The van der Waals surface area contributed by atoms with E-state index < -0.39 is 0 Å². The Hall–Kier alpha value is -1.11. The standard InChI is InChI=1S/C15H20O/c1-11(2)14(16)15(8-9-15)10-13-7-5-4-6-12(13)3/h4-7,11H,8-10H2,1-3H3. The zero-order valence-electron chi connectivity index (χ0n) is 10.4. The van der Waals surface area contributed by atoms with Crippen LogP contribution < -0.4 is 0 Å². The number of hydrogen-bond donors (Lipinski definition) is 0. The van der Waals surface area contributed by atoms with E-state index in [0.29, 0.717) is 5.78 Å². The predicted molar refractivity (Wildman–Crippen MR) is 66.4 cm³/mol. The summed E-state index contributed by atoms with van der Waals surface area (Å²) in [5, 5.41) is 0. The summed E-state index contributed by atoms with van der Waals surface area (Å²) in [7, 11) is 0. The van der Waals surface area contributed by atoms with Crippen LogP contribution in [0.2, 0.25) is 0 Å². The van der Waals surface area contributed by atoms with Crippen molar-refractivity contribution in [3.05, 3.63) is 35.4 Å². The average molecular weight is 216 g/mol. The van der Waals surface area contributed by atoms with Crippen molar-refractivity contribution in [3.63, 3.8) is 0 Å². The van der Waals surface area contributed by atoms with Gasteiger partial charge in [0.15, 0.2) is 0 Å². The van der Waals surface area contributed by atoms with Crippen LogP contribution in [0, 0.1) is 18.3 Å². The number of carbonyl (C=O) groups is 1. The third-order valence-corrected chi connectivity index (χ3v) is 3.69. The molecule has 0 atom stereocenters. The fraction of sp³-hybridized carbons (Fsp3) is 0.533. The molecule has 2 rings (SSSR count). The molecule has 1 aromatic carbocycles. The summed E-state index contributed by atoms with van der Waals surface area (Å²) in [4.78, 5) is 12.1. The van der Waals surface area contributed by atoms with Gasteiger partial charge in [0.1, 0.15) is 5.78 Å². The second-order valence-electron chi connectivity index (χ2n) is 5.40. The Balaban J connectivity index is 2.16. The van der Waals surface area contributed by atoms with Crippen molar-refractivity contribution in [2.24, 2.45) is 11.3 Å².